The summed E-state index contributed by atoms with van der Waals surface area (Å²) < 4.78 is 0. The molecule has 0 aliphatic heterocycles. The Hall–Kier alpha value is 0.250. The van der Waals surface area contributed by atoms with Crippen LogP contribution in [0.5, 0.6) is 0 Å². The summed E-state index contributed by atoms with van der Waals surface area (Å²) >= 11 is 0. The van der Waals surface area contributed by atoms with Crippen LogP contribution in [0.3, 0.4) is 0 Å². The zero-order valence-electron chi connectivity index (χ0n) is 21.7. The fourth-order valence-electron chi connectivity index (χ4n) is 7.15. The first-order chi connectivity index (χ1) is 15.4. The summed E-state index contributed by atoms with van der Waals surface area (Å²) in [7, 11) is 0. The first-order valence-corrected chi connectivity index (χ1v) is 15.2. The van der Waals surface area contributed by atoms with Crippen LogP contribution in [0.25, 0.3) is 0 Å². The summed E-state index contributed by atoms with van der Waals surface area (Å²) in [6, 6.07) is 2.71. The monoisotopic (exact) mass is 467 g/mol. The van der Waals surface area contributed by atoms with Crippen molar-refractivity contribution in [3.05, 3.63) is 0 Å². The lowest BCUT2D eigenvalue weighted by atomic mass is 9.87. The first kappa shape index (κ1) is 28.5. The van der Waals surface area contributed by atoms with Crippen molar-refractivity contribution in [1.29, 1.82) is 0 Å². The van der Waals surface area contributed by atoms with Crippen LogP contribution in [0.1, 0.15) is 173 Å². The van der Waals surface area contributed by atoms with Crippen LogP contribution in [0, 0.1) is 0 Å². The van der Waals surface area contributed by atoms with Crippen molar-refractivity contribution in [3.63, 3.8) is 0 Å². The third-order valence-electron chi connectivity index (χ3n) is 8.99. The molecule has 0 spiro atoms. The molecule has 3 saturated carbocycles. The van der Waals surface area contributed by atoms with E-state index in [9.17, 15) is 0 Å². The summed E-state index contributed by atoms with van der Waals surface area (Å²) in [6.07, 6.45) is 40.5. The minimum atomic E-state index is 0. The average molecular weight is 468 g/mol. The average Bonchev–Trinajstić information content (AvgIpc) is 2.81. The van der Waals surface area contributed by atoms with Crippen LogP contribution in [-0.2, 0) is 0 Å². The maximum atomic E-state index is 3.25. The Kier molecular flexibility index (Phi) is 16.5. The Morgan fingerprint density at radius 2 is 0.406 bits per heavy atom. The van der Waals surface area contributed by atoms with E-state index in [4.69, 9.17) is 0 Å². The molecule has 0 aromatic heterocycles. The molecule has 0 amide bonds. The second-order valence-corrected chi connectivity index (χ2v) is 11.6. The molecule has 3 fully saturated rings. The normalized spacial score (nSPS) is 26.2. The van der Waals surface area contributed by atoms with Gasteiger partial charge in [-0.25, -0.2) is 0 Å². The molecule has 0 aromatic rings. The Labute approximate surface area is 208 Å². The van der Waals surface area contributed by atoms with Crippen LogP contribution < -0.4 is 0 Å². The smallest absolute Gasteiger partial charge is 0.0101 e. The summed E-state index contributed by atoms with van der Waals surface area (Å²) in [5.41, 5.74) is 0. The standard InChI is InChI=1S/C30H57N.ClH/c1-4-10-16-22-28(23-17-11-5-1)31(29-24-18-12-6-2-7-13-19-25-29)30-26-20-14-8-3-9-15-21-27-30;/h28-30H,1-27H2;1H. The highest BCUT2D eigenvalue weighted by atomic mass is 35.5. The van der Waals surface area contributed by atoms with Gasteiger partial charge in [-0.3, -0.25) is 4.90 Å². The van der Waals surface area contributed by atoms with Crippen molar-refractivity contribution in [2.24, 2.45) is 0 Å². The second-order valence-electron chi connectivity index (χ2n) is 11.6. The Morgan fingerprint density at radius 1 is 0.250 bits per heavy atom. The third kappa shape index (κ3) is 11.1. The van der Waals surface area contributed by atoms with Gasteiger partial charge in [-0.15, -0.1) is 12.4 Å². The van der Waals surface area contributed by atoms with E-state index in [2.05, 4.69) is 4.90 Å². The highest BCUT2D eigenvalue weighted by molar-refractivity contribution is 5.85. The molecule has 0 aromatic carbocycles. The van der Waals surface area contributed by atoms with Crippen LogP contribution in [0.4, 0.5) is 0 Å². The minimum Gasteiger partial charge on any atom is -0.294 e. The van der Waals surface area contributed by atoms with E-state index in [0.717, 1.165) is 18.1 Å². The molecule has 0 unspecified atom stereocenters. The van der Waals surface area contributed by atoms with E-state index in [1.807, 2.05) is 0 Å². The zero-order valence-corrected chi connectivity index (χ0v) is 22.5. The van der Waals surface area contributed by atoms with Gasteiger partial charge in [0.2, 0.25) is 0 Å². The van der Waals surface area contributed by atoms with Crippen molar-refractivity contribution in [2.75, 3.05) is 0 Å². The predicted octanol–water partition coefficient (Wildman–Crippen LogP) is 10.4. The van der Waals surface area contributed by atoms with Crippen LogP contribution >= 0.6 is 12.4 Å². The van der Waals surface area contributed by atoms with E-state index in [1.54, 1.807) is 0 Å². The fraction of sp³-hybridized carbons (Fsp3) is 1.00. The summed E-state index contributed by atoms with van der Waals surface area (Å²) in [4.78, 5) is 3.25. The SMILES string of the molecule is C1CCCCC(N(C2CCCCCCCCC2)C2CCCCCCCCC2)CCCC1.Cl. The Morgan fingerprint density at radius 3 is 0.594 bits per heavy atom. The Balaban J connectivity index is 0.00000363. The number of nitrogens with zero attached hydrogens (tertiary/aromatic N) is 1. The topological polar surface area (TPSA) is 3.24 Å². The molecule has 0 saturated heterocycles. The van der Waals surface area contributed by atoms with Gasteiger partial charge in [-0.2, -0.15) is 0 Å². The Bertz CT molecular complexity index is 333. The lowest BCUT2D eigenvalue weighted by Crippen LogP contribution is -2.50. The molecule has 0 radical (unpaired) electrons. The van der Waals surface area contributed by atoms with Crippen molar-refractivity contribution < 1.29 is 0 Å². The maximum Gasteiger partial charge on any atom is 0.0101 e. The fourth-order valence-corrected chi connectivity index (χ4v) is 7.15. The van der Waals surface area contributed by atoms with E-state index in [0.29, 0.717) is 0 Å². The van der Waals surface area contributed by atoms with Crippen LogP contribution in [-0.4, -0.2) is 23.0 Å². The van der Waals surface area contributed by atoms with E-state index >= 15 is 0 Å². The van der Waals surface area contributed by atoms with E-state index in [-0.39, 0.29) is 12.4 Å². The molecule has 0 atom stereocenters. The van der Waals surface area contributed by atoms with Crippen molar-refractivity contribution in [1.82, 2.24) is 4.90 Å². The molecule has 32 heavy (non-hydrogen) atoms. The van der Waals surface area contributed by atoms with Gasteiger partial charge in [-0.05, 0) is 38.5 Å². The molecule has 0 bridgehead atoms. The molecule has 3 aliphatic rings. The molecular formula is C30H58ClN. The van der Waals surface area contributed by atoms with E-state index < -0.39 is 0 Å². The second kappa shape index (κ2) is 18.6. The molecule has 1 nitrogen and oxygen atoms in total. The highest BCUT2D eigenvalue weighted by Crippen LogP contribution is 2.33. The molecule has 0 heterocycles. The first-order valence-electron chi connectivity index (χ1n) is 15.2. The van der Waals surface area contributed by atoms with Crippen LogP contribution in [0.15, 0.2) is 0 Å². The van der Waals surface area contributed by atoms with Gasteiger partial charge in [-0.1, -0.05) is 135 Å². The lowest BCUT2D eigenvalue weighted by Gasteiger charge is -2.45. The molecule has 190 valence electrons. The highest BCUT2D eigenvalue weighted by Gasteiger charge is 2.31. The predicted molar refractivity (Wildman–Crippen MR) is 145 cm³/mol. The molecule has 2 heteroatoms. The number of hydrogen-bond acceptors (Lipinski definition) is 1. The number of halogens is 1. The van der Waals surface area contributed by atoms with Gasteiger partial charge in [0, 0.05) is 18.1 Å². The molecule has 3 rings (SSSR count). The van der Waals surface area contributed by atoms with Gasteiger partial charge in [0.1, 0.15) is 0 Å². The molecular weight excluding hydrogens is 410 g/mol. The minimum absolute atomic E-state index is 0. The summed E-state index contributed by atoms with van der Waals surface area (Å²) in [5.74, 6) is 0. The third-order valence-corrected chi connectivity index (χ3v) is 8.99. The quantitative estimate of drug-likeness (QED) is 0.398. The van der Waals surface area contributed by atoms with Gasteiger partial charge in [0.05, 0.1) is 0 Å². The van der Waals surface area contributed by atoms with Crippen molar-refractivity contribution >= 4 is 12.4 Å². The summed E-state index contributed by atoms with van der Waals surface area (Å²) in [5, 5.41) is 0. The lowest BCUT2D eigenvalue weighted by molar-refractivity contribution is 0.0392. The van der Waals surface area contributed by atoms with Gasteiger partial charge in [0.25, 0.3) is 0 Å². The molecule has 0 N–H and O–H groups in total. The number of rotatable bonds is 3. The van der Waals surface area contributed by atoms with Gasteiger partial charge < -0.3 is 0 Å². The largest absolute Gasteiger partial charge is 0.294 e. The maximum absolute atomic E-state index is 3.25. The molecule has 3 aliphatic carbocycles. The van der Waals surface area contributed by atoms with Gasteiger partial charge >= 0.3 is 0 Å². The van der Waals surface area contributed by atoms with Crippen molar-refractivity contribution in [2.45, 2.75) is 191 Å². The van der Waals surface area contributed by atoms with E-state index in [1.165, 1.54) is 173 Å². The van der Waals surface area contributed by atoms with Crippen molar-refractivity contribution in [3.8, 4) is 0 Å². The number of hydrogen-bond donors (Lipinski definition) is 0. The van der Waals surface area contributed by atoms with Crippen LogP contribution in [0.2, 0.25) is 0 Å². The zero-order chi connectivity index (χ0) is 21.4. The summed E-state index contributed by atoms with van der Waals surface area (Å²) in [6.45, 7) is 0. The van der Waals surface area contributed by atoms with Gasteiger partial charge in [0.15, 0.2) is 0 Å².